The number of carbonyl (C=O) groups is 1. The van der Waals surface area contributed by atoms with Crippen LogP contribution in [0.2, 0.25) is 0 Å². The molecule has 0 radical (unpaired) electrons. The summed E-state index contributed by atoms with van der Waals surface area (Å²) in [6, 6.07) is 13.4. The van der Waals surface area contributed by atoms with Gasteiger partial charge in [-0.15, -0.1) is 16.4 Å². The number of rotatable bonds is 5. The van der Waals surface area contributed by atoms with Crippen LogP contribution in [0.3, 0.4) is 0 Å². The fourth-order valence-corrected chi connectivity index (χ4v) is 4.92. The maximum Gasteiger partial charge on any atom is 0.207 e. The first-order chi connectivity index (χ1) is 17.1. The lowest BCUT2D eigenvalue weighted by molar-refractivity contribution is -0.109. The van der Waals surface area contributed by atoms with Gasteiger partial charge in [-0.2, -0.15) is 0 Å². The molecule has 4 heterocycles. The van der Waals surface area contributed by atoms with Crippen LogP contribution < -0.4 is 10.2 Å². The summed E-state index contributed by atoms with van der Waals surface area (Å²) >= 11 is 1.73. The lowest BCUT2D eigenvalue weighted by atomic mass is 10.2. The van der Waals surface area contributed by atoms with Gasteiger partial charge in [0.1, 0.15) is 18.0 Å². The molecule has 0 unspecified atom stereocenters. The van der Waals surface area contributed by atoms with Crippen LogP contribution in [0.4, 0.5) is 10.2 Å². The number of halogens is 1. The smallest absolute Gasteiger partial charge is 0.207 e. The second kappa shape index (κ2) is 10.2. The molecule has 0 spiro atoms. The van der Waals surface area contributed by atoms with Crippen molar-refractivity contribution >= 4 is 44.7 Å². The van der Waals surface area contributed by atoms with Gasteiger partial charge in [0, 0.05) is 32.0 Å². The second-order valence-electron chi connectivity index (χ2n) is 8.43. The quantitative estimate of drug-likeness (QED) is 0.340. The highest BCUT2D eigenvalue weighted by atomic mass is 32.1. The standard InChI is InChI=1S/C16H16FN5.C10H9NOS.H2/c1-11-4-5-12(8-14(11)17)22-9-13-15(20-22)18-10-19-16(13)21-6-2-3-7-21;12-7-11-6-8-1-2-10-9(5-8)3-4-13-10;/h4-5,8-10H,2-3,6-7H2,1H3;1-5,7H,6H2,(H,11,12);1H. The molecular formula is C26H27FN6OS. The molecule has 1 N–H and O–H groups in total. The van der Waals surface area contributed by atoms with E-state index in [-0.39, 0.29) is 7.24 Å². The van der Waals surface area contributed by atoms with Gasteiger partial charge in [0.25, 0.3) is 0 Å². The number of hydrogen-bond donors (Lipinski definition) is 1. The predicted molar refractivity (Wildman–Crippen MR) is 140 cm³/mol. The molecule has 180 valence electrons. The first-order valence-electron chi connectivity index (χ1n) is 11.5. The Bertz CT molecular complexity index is 1480. The minimum absolute atomic E-state index is 0. The molecule has 9 heteroatoms. The first kappa shape index (κ1) is 22.9. The Morgan fingerprint density at radius 3 is 2.80 bits per heavy atom. The molecule has 1 fully saturated rings. The van der Waals surface area contributed by atoms with Gasteiger partial charge in [0.2, 0.25) is 6.41 Å². The van der Waals surface area contributed by atoms with Crippen molar-refractivity contribution in [2.24, 2.45) is 0 Å². The molecule has 2 aromatic carbocycles. The van der Waals surface area contributed by atoms with Gasteiger partial charge in [-0.25, -0.2) is 19.0 Å². The first-order valence-corrected chi connectivity index (χ1v) is 12.4. The minimum atomic E-state index is -0.233. The van der Waals surface area contributed by atoms with Crippen molar-refractivity contribution in [1.29, 1.82) is 0 Å². The molecule has 5 aromatic rings. The van der Waals surface area contributed by atoms with Crippen molar-refractivity contribution in [3.63, 3.8) is 0 Å². The van der Waals surface area contributed by atoms with Crippen LogP contribution in [0.25, 0.3) is 26.8 Å². The number of carbonyl (C=O) groups excluding carboxylic acids is 1. The lowest BCUT2D eigenvalue weighted by Crippen LogP contribution is -2.19. The third kappa shape index (κ3) is 5.00. The van der Waals surface area contributed by atoms with E-state index in [9.17, 15) is 9.18 Å². The Labute approximate surface area is 207 Å². The maximum atomic E-state index is 13.8. The topological polar surface area (TPSA) is 75.9 Å². The average molecular weight is 491 g/mol. The summed E-state index contributed by atoms with van der Waals surface area (Å²) in [6.07, 6.45) is 6.51. The zero-order valence-electron chi connectivity index (χ0n) is 19.3. The van der Waals surface area contributed by atoms with E-state index >= 15 is 0 Å². The van der Waals surface area contributed by atoms with Crippen molar-refractivity contribution in [3.8, 4) is 5.69 Å². The van der Waals surface area contributed by atoms with Crippen LogP contribution in [0, 0.1) is 12.7 Å². The Morgan fingerprint density at radius 1 is 1.14 bits per heavy atom. The highest BCUT2D eigenvalue weighted by molar-refractivity contribution is 7.17. The SMILES string of the molecule is Cc1ccc(-n2cc3c(N4CCCC4)ncnc3n2)cc1F.O=CNCc1ccc2sccc2c1.[HH]. The largest absolute Gasteiger partial charge is 0.356 e. The van der Waals surface area contributed by atoms with E-state index in [4.69, 9.17) is 0 Å². The van der Waals surface area contributed by atoms with Crippen molar-refractivity contribution in [2.45, 2.75) is 26.3 Å². The average Bonchev–Trinajstić information content (AvgIpc) is 3.64. The van der Waals surface area contributed by atoms with E-state index in [0.29, 0.717) is 23.4 Å². The zero-order chi connectivity index (χ0) is 24.2. The van der Waals surface area contributed by atoms with Crippen molar-refractivity contribution in [1.82, 2.24) is 25.1 Å². The summed E-state index contributed by atoms with van der Waals surface area (Å²) in [4.78, 5) is 21.0. The zero-order valence-corrected chi connectivity index (χ0v) is 20.1. The fraction of sp³-hybridized carbons (Fsp3) is 0.231. The third-order valence-corrected chi connectivity index (χ3v) is 6.93. The van der Waals surface area contributed by atoms with Crippen LogP contribution >= 0.6 is 11.3 Å². The molecule has 0 saturated carbocycles. The van der Waals surface area contributed by atoms with E-state index in [1.165, 1.54) is 29.0 Å². The summed E-state index contributed by atoms with van der Waals surface area (Å²) < 4.78 is 16.7. The van der Waals surface area contributed by atoms with Crippen LogP contribution in [0.1, 0.15) is 25.4 Å². The number of thiophene rings is 1. The van der Waals surface area contributed by atoms with Crippen molar-refractivity contribution in [3.05, 3.63) is 77.3 Å². The monoisotopic (exact) mass is 490 g/mol. The second-order valence-corrected chi connectivity index (χ2v) is 9.38. The number of nitrogens with one attached hydrogen (secondary N) is 1. The number of nitrogens with zero attached hydrogens (tertiary/aromatic N) is 5. The molecule has 3 aromatic heterocycles. The van der Waals surface area contributed by atoms with E-state index in [2.05, 4.69) is 48.9 Å². The molecule has 6 rings (SSSR count). The molecule has 1 saturated heterocycles. The van der Waals surface area contributed by atoms with Gasteiger partial charge in [0.15, 0.2) is 5.65 Å². The van der Waals surface area contributed by atoms with Crippen molar-refractivity contribution in [2.75, 3.05) is 18.0 Å². The third-order valence-electron chi connectivity index (χ3n) is 6.03. The number of benzene rings is 2. The molecule has 1 aliphatic rings. The van der Waals surface area contributed by atoms with E-state index in [1.54, 1.807) is 35.3 Å². The van der Waals surface area contributed by atoms with Gasteiger partial charge in [-0.1, -0.05) is 12.1 Å². The number of aromatic nitrogens is 4. The lowest BCUT2D eigenvalue weighted by Gasteiger charge is -2.15. The van der Waals surface area contributed by atoms with Crippen LogP contribution in [0.5, 0.6) is 0 Å². The highest BCUT2D eigenvalue weighted by Crippen LogP contribution is 2.26. The molecule has 1 amide bonds. The number of fused-ring (bicyclic) bond motifs is 2. The molecular weight excluding hydrogens is 463 g/mol. The fourth-order valence-electron chi connectivity index (χ4n) is 4.15. The van der Waals surface area contributed by atoms with E-state index in [0.717, 1.165) is 36.3 Å². The van der Waals surface area contributed by atoms with Crippen LogP contribution in [-0.2, 0) is 11.3 Å². The van der Waals surface area contributed by atoms with Gasteiger partial charge in [-0.05, 0) is 72.0 Å². The Morgan fingerprint density at radius 2 is 2.00 bits per heavy atom. The van der Waals surface area contributed by atoms with Crippen LogP contribution in [0.15, 0.2) is 60.4 Å². The Hall–Kier alpha value is -3.85. The predicted octanol–water partition coefficient (Wildman–Crippen LogP) is 5.26. The molecule has 0 bridgehead atoms. The Kier molecular flexibility index (Phi) is 6.67. The summed E-state index contributed by atoms with van der Waals surface area (Å²) in [5.41, 5.74) is 3.09. The molecule has 7 nitrogen and oxygen atoms in total. The molecule has 0 atom stereocenters. The molecule has 1 aliphatic heterocycles. The Balaban J connectivity index is 0.000000187. The van der Waals surface area contributed by atoms with E-state index in [1.807, 2.05) is 18.3 Å². The highest BCUT2D eigenvalue weighted by Gasteiger charge is 2.18. The summed E-state index contributed by atoms with van der Waals surface area (Å²) in [7, 11) is 0. The minimum Gasteiger partial charge on any atom is -0.356 e. The van der Waals surface area contributed by atoms with E-state index < -0.39 is 0 Å². The number of hydrogen-bond acceptors (Lipinski definition) is 6. The van der Waals surface area contributed by atoms with Gasteiger partial charge < -0.3 is 10.2 Å². The van der Waals surface area contributed by atoms with Crippen molar-refractivity contribution < 1.29 is 10.6 Å². The van der Waals surface area contributed by atoms with Crippen LogP contribution in [-0.4, -0.2) is 39.2 Å². The number of anilines is 1. The van der Waals surface area contributed by atoms with Gasteiger partial charge in [0.05, 0.1) is 11.1 Å². The van der Waals surface area contributed by atoms with Gasteiger partial charge in [-0.3, -0.25) is 4.79 Å². The maximum absolute atomic E-state index is 13.8. The number of aryl methyl sites for hydroxylation is 1. The summed E-state index contributed by atoms with van der Waals surface area (Å²) in [6.45, 7) is 4.37. The summed E-state index contributed by atoms with van der Waals surface area (Å²) in [5, 5.41) is 11.3. The van der Waals surface area contributed by atoms with Gasteiger partial charge >= 0.3 is 0 Å². The molecule has 35 heavy (non-hydrogen) atoms. The number of amides is 1. The molecule has 0 aliphatic carbocycles. The summed E-state index contributed by atoms with van der Waals surface area (Å²) in [5.74, 6) is 0.684. The normalized spacial score (nSPS) is 13.1.